The van der Waals surface area contributed by atoms with Crippen molar-refractivity contribution in [1.29, 1.82) is 0 Å². The summed E-state index contributed by atoms with van der Waals surface area (Å²) < 4.78 is 0. The minimum Gasteiger partial charge on any atom is -0.481 e. The van der Waals surface area contributed by atoms with Crippen LogP contribution in [0.15, 0.2) is 0 Å². The van der Waals surface area contributed by atoms with Crippen LogP contribution in [0.25, 0.3) is 0 Å². The van der Waals surface area contributed by atoms with Crippen LogP contribution in [0.2, 0.25) is 0 Å². The van der Waals surface area contributed by atoms with E-state index in [1.165, 1.54) is 0 Å². The number of carbonyl (C=O) groups is 3. The number of thioether (sulfide) groups is 1. The summed E-state index contributed by atoms with van der Waals surface area (Å²) >= 11 is 11.6. The molecule has 0 heterocycles. The Morgan fingerprint density at radius 2 is 1.05 bits per heavy atom. The van der Waals surface area contributed by atoms with Gasteiger partial charge in [-0.15, -0.1) is 11.8 Å². The van der Waals surface area contributed by atoms with E-state index in [0.717, 1.165) is 11.8 Å². The van der Waals surface area contributed by atoms with Crippen LogP contribution in [0.5, 0.6) is 0 Å². The SMILES string of the molecule is O=C(O)CCS.O=C(O)CS.O=C(O)CS.OCSCO. The molecular weight excluding hydrogens is 364 g/mol. The van der Waals surface area contributed by atoms with Gasteiger partial charge >= 0.3 is 17.9 Å². The fraction of sp³-hybridized carbons (Fsp3) is 0.667. The first-order valence-electron chi connectivity index (χ1n) is 5.00. The summed E-state index contributed by atoms with van der Waals surface area (Å²) in [5, 5.41) is 38.9. The average Bonchev–Trinajstić information content (AvgIpc) is 2.41. The first kappa shape index (κ1) is 28.8. The van der Waals surface area contributed by atoms with Crippen molar-refractivity contribution in [1.82, 2.24) is 0 Å². The van der Waals surface area contributed by atoms with Crippen LogP contribution < -0.4 is 0 Å². The zero-order chi connectivity index (χ0) is 17.7. The van der Waals surface area contributed by atoms with Crippen LogP contribution in [-0.4, -0.2) is 72.6 Å². The van der Waals surface area contributed by atoms with Gasteiger partial charge in [0.15, 0.2) is 0 Å². The number of aliphatic hydroxyl groups excluding tert-OH is 2. The van der Waals surface area contributed by atoms with Gasteiger partial charge in [-0.1, -0.05) is 0 Å². The Labute approximate surface area is 143 Å². The van der Waals surface area contributed by atoms with Crippen molar-refractivity contribution >= 4 is 67.6 Å². The van der Waals surface area contributed by atoms with Gasteiger partial charge in [-0.25, -0.2) is 0 Å². The predicted molar refractivity (Wildman–Crippen MR) is 90.8 cm³/mol. The number of rotatable bonds is 6. The first-order valence-corrected chi connectivity index (χ1v) is 8.05. The zero-order valence-electron chi connectivity index (χ0n) is 11.0. The van der Waals surface area contributed by atoms with E-state index >= 15 is 0 Å². The van der Waals surface area contributed by atoms with Crippen molar-refractivity contribution < 1.29 is 39.9 Å². The molecule has 0 fully saturated rings. The second kappa shape index (κ2) is 28.0. The largest absolute Gasteiger partial charge is 0.481 e. The predicted octanol–water partition coefficient (Wildman–Crippen LogP) is 0.0117. The molecule has 0 radical (unpaired) electrons. The molecule has 0 spiro atoms. The molecule has 0 aliphatic rings. The highest BCUT2D eigenvalue weighted by molar-refractivity contribution is 7.98. The molecule has 0 saturated heterocycles. The van der Waals surface area contributed by atoms with Crippen LogP contribution >= 0.6 is 49.6 Å². The monoisotopic (exact) mass is 384 g/mol. The Kier molecular flexibility index (Phi) is 38.4. The number of hydrogen-bond acceptors (Lipinski definition) is 9. The number of carboxylic acid groups (broad SMARTS) is 3. The van der Waals surface area contributed by atoms with E-state index in [1.54, 1.807) is 0 Å². The maximum Gasteiger partial charge on any atom is 0.313 e. The second-order valence-corrected chi connectivity index (χ2v) is 4.44. The molecule has 0 unspecified atom stereocenters. The van der Waals surface area contributed by atoms with Crippen molar-refractivity contribution in [3.8, 4) is 0 Å². The Morgan fingerprint density at radius 3 is 1.05 bits per heavy atom. The molecule has 0 aromatic heterocycles. The van der Waals surface area contributed by atoms with E-state index in [0.29, 0.717) is 5.75 Å². The Bertz CT molecular complexity index is 236. The molecule has 5 N–H and O–H groups in total. The topological polar surface area (TPSA) is 152 Å². The minimum atomic E-state index is -0.881. The highest BCUT2D eigenvalue weighted by Gasteiger charge is 1.88. The van der Waals surface area contributed by atoms with Crippen LogP contribution in [0.4, 0.5) is 0 Å². The van der Waals surface area contributed by atoms with Gasteiger partial charge in [0.25, 0.3) is 0 Å². The van der Waals surface area contributed by atoms with Gasteiger partial charge in [0, 0.05) is 5.75 Å². The number of thiol groups is 3. The lowest BCUT2D eigenvalue weighted by atomic mass is 10.5. The van der Waals surface area contributed by atoms with Gasteiger partial charge in [-0.3, -0.25) is 14.4 Å². The summed E-state index contributed by atoms with van der Waals surface area (Å²) in [6.45, 7) is 0. The van der Waals surface area contributed by atoms with Gasteiger partial charge in [0.2, 0.25) is 0 Å². The van der Waals surface area contributed by atoms with E-state index in [1.807, 2.05) is 0 Å². The lowest BCUT2D eigenvalue weighted by molar-refractivity contribution is -0.137. The second-order valence-electron chi connectivity index (χ2n) is 2.43. The average molecular weight is 385 g/mol. The van der Waals surface area contributed by atoms with Crippen LogP contribution in [-0.2, 0) is 14.4 Å². The highest BCUT2D eigenvalue weighted by atomic mass is 32.2. The summed E-state index contributed by atoms with van der Waals surface area (Å²) in [4.78, 5) is 28.1. The number of aliphatic hydroxyl groups is 2. The maximum atomic E-state index is 9.55. The number of aliphatic carboxylic acids is 3. The maximum absolute atomic E-state index is 9.55. The molecular formula is C9H20O8S4. The van der Waals surface area contributed by atoms with Crippen molar-refractivity contribution in [3.63, 3.8) is 0 Å². The molecule has 12 heteroatoms. The smallest absolute Gasteiger partial charge is 0.313 e. The standard InChI is InChI=1S/C3H6O2S.C2H6O2S.2C2H4O2S/c4-3(5)1-2-6;3-1-5-2-4;2*3-2(4)1-5/h6H,1-2H2,(H,4,5);3-4H,1-2H2;2*5H,1H2,(H,3,4). The Balaban J connectivity index is -0.0000000921. The Morgan fingerprint density at radius 1 is 0.762 bits per heavy atom. The van der Waals surface area contributed by atoms with Crippen LogP contribution in [0, 0.1) is 0 Å². The number of hydrogen-bond donors (Lipinski definition) is 8. The first-order chi connectivity index (χ1) is 9.72. The molecule has 0 aromatic carbocycles. The van der Waals surface area contributed by atoms with E-state index in [-0.39, 0.29) is 29.8 Å². The summed E-state index contributed by atoms with van der Waals surface area (Å²) in [7, 11) is 0. The Hall–Kier alpha value is -0.270. The molecule has 8 nitrogen and oxygen atoms in total. The van der Waals surface area contributed by atoms with Gasteiger partial charge in [0.05, 0.1) is 29.8 Å². The lowest BCUT2D eigenvalue weighted by Crippen LogP contribution is -1.93. The van der Waals surface area contributed by atoms with Gasteiger partial charge in [0.1, 0.15) is 0 Å². The zero-order valence-corrected chi connectivity index (χ0v) is 14.5. The van der Waals surface area contributed by atoms with Crippen molar-refractivity contribution in [2.75, 3.05) is 29.1 Å². The van der Waals surface area contributed by atoms with Crippen molar-refractivity contribution in [2.24, 2.45) is 0 Å². The third-order valence-corrected chi connectivity index (χ3v) is 1.91. The molecule has 0 aliphatic heterocycles. The van der Waals surface area contributed by atoms with Crippen molar-refractivity contribution in [3.05, 3.63) is 0 Å². The van der Waals surface area contributed by atoms with E-state index < -0.39 is 17.9 Å². The minimum absolute atomic E-state index is 0.0104. The molecule has 0 rings (SSSR count). The summed E-state index contributed by atoms with van der Waals surface area (Å²) in [5.74, 6) is -2.27. The summed E-state index contributed by atoms with van der Waals surface area (Å²) in [5.41, 5.74) is 0. The molecule has 0 atom stereocenters. The van der Waals surface area contributed by atoms with Gasteiger partial charge in [-0.05, 0) is 0 Å². The fourth-order valence-corrected chi connectivity index (χ4v) is 0.409. The summed E-state index contributed by atoms with van der Waals surface area (Å²) in [6.07, 6.45) is 0.156. The van der Waals surface area contributed by atoms with Crippen molar-refractivity contribution in [2.45, 2.75) is 6.42 Å². The molecule has 0 bridgehead atoms. The molecule has 128 valence electrons. The third kappa shape index (κ3) is 81.4. The van der Waals surface area contributed by atoms with Crippen LogP contribution in [0.1, 0.15) is 6.42 Å². The number of carboxylic acids is 3. The molecule has 21 heavy (non-hydrogen) atoms. The van der Waals surface area contributed by atoms with E-state index in [2.05, 4.69) is 37.9 Å². The molecule has 0 amide bonds. The quantitative estimate of drug-likeness (QED) is 0.234. The van der Waals surface area contributed by atoms with E-state index in [9.17, 15) is 14.4 Å². The lowest BCUT2D eigenvalue weighted by Gasteiger charge is -1.80. The molecule has 0 saturated carbocycles. The van der Waals surface area contributed by atoms with E-state index in [4.69, 9.17) is 25.5 Å². The normalized spacial score (nSPS) is 7.86. The van der Waals surface area contributed by atoms with Crippen LogP contribution in [0.3, 0.4) is 0 Å². The summed E-state index contributed by atoms with van der Waals surface area (Å²) in [6, 6.07) is 0. The fourth-order valence-electron chi connectivity index (χ4n) is 0.136. The highest BCUT2D eigenvalue weighted by Crippen LogP contribution is 1.88. The molecule has 0 aliphatic carbocycles. The third-order valence-electron chi connectivity index (χ3n) is 0.779. The molecule has 0 aromatic rings. The van der Waals surface area contributed by atoms with Gasteiger partial charge in [-0.2, -0.15) is 37.9 Å². The van der Waals surface area contributed by atoms with Gasteiger partial charge < -0.3 is 25.5 Å².